The molecule has 72 valence electrons. The molecule has 3 nitrogen and oxygen atoms in total. The van der Waals surface area contributed by atoms with Crippen molar-refractivity contribution >= 4 is 6.09 Å². The van der Waals surface area contributed by atoms with Crippen molar-refractivity contribution in [1.82, 2.24) is 4.90 Å². The van der Waals surface area contributed by atoms with Gasteiger partial charge in [0, 0.05) is 5.54 Å². The van der Waals surface area contributed by atoms with E-state index in [0.29, 0.717) is 6.61 Å². The standard InChI is InChI=1S/C7H13NO2.C2H6/c1-7(2,3)8-4-5-10-6(8)9;1-2/h4-5H2,1-3H3;1-2H3. The van der Waals surface area contributed by atoms with E-state index in [0.717, 1.165) is 6.54 Å². The van der Waals surface area contributed by atoms with Crippen molar-refractivity contribution < 1.29 is 9.53 Å². The van der Waals surface area contributed by atoms with Gasteiger partial charge in [-0.05, 0) is 20.8 Å². The van der Waals surface area contributed by atoms with E-state index in [2.05, 4.69) is 0 Å². The zero-order valence-corrected chi connectivity index (χ0v) is 8.68. The molecule has 1 aliphatic heterocycles. The minimum atomic E-state index is -0.187. The number of cyclic esters (lactones) is 1. The fourth-order valence-corrected chi connectivity index (χ4v) is 1.00. The maximum atomic E-state index is 10.9. The normalized spacial score (nSPS) is 16.8. The maximum Gasteiger partial charge on any atom is 0.410 e. The van der Waals surface area contributed by atoms with Crippen molar-refractivity contribution in [2.24, 2.45) is 0 Å². The van der Waals surface area contributed by atoms with Crippen molar-refractivity contribution in [3.05, 3.63) is 0 Å². The molecule has 0 aromatic carbocycles. The Morgan fingerprint density at radius 2 is 1.83 bits per heavy atom. The maximum absolute atomic E-state index is 10.9. The Morgan fingerprint density at radius 1 is 1.33 bits per heavy atom. The summed E-state index contributed by atoms with van der Waals surface area (Å²) in [5.41, 5.74) is -0.0897. The molecule has 0 aromatic heterocycles. The minimum absolute atomic E-state index is 0.0897. The van der Waals surface area contributed by atoms with Crippen molar-refractivity contribution in [3.63, 3.8) is 0 Å². The second kappa shape index (κ2) is 4.33. The molecule has 3 heteroatoms. The number of hydrogen-bond donors (Lipinski definition) is 0. The second-order valence-electron chi connectivity index (χ2n) is 3.44. The van der Waals surface area contributed by atoms with Gasteiger partial charge >= 0.3 is 6.09 Å². The molecule has 0 atom stereocenters. The van der Waals surface area contributed by atoms with Gasteiger partial charge in [0.05, 0.1) is 6.54 Å². The molecule has 1 amide bonds. The van der Waals surface area contributed by atoms with E-state index in [4.69, 9.17) is 4.74 Å². The summed E-state index contributed by atoms with van der Waals surface area (Å²) in [4.78, 5) is 12.7. The smallest absolute Gasteiger partial charge is 0.410 e. The van der Waals surface area contributed by atoms with E-state index in [9.17, 15) is 4.79 Å². The number of carbonyl (C=O) groups excluding carboxylic acids is 1. The first-order valence-corrected chi connectivity index (χ1v) is 4.46. The van der Waals surface area contributed by atoms with Gasteiger partial charge in [0.1, 0.15) is 6.61 Å². The van der Waals surface area contributed by atoms with Crippen LogP contribution < -0.4 is 0 Å². The van der Waals surface area contributed by atoms with Gasteiger partial charge in [0.2, 0.25) is 0 Å². The molecule has 0 radical (unpaired) electrons. The highest BCUT2D eigenvalue weighted by atomic mass is 16.6. The largest absolute Gasteiger partial charge is 0.448 e. The topological polar surface area (TPSA) is 29.5 Å². The van der Waals surface area contributed by atoms with E-state index in [1.54, 1.807) is 4.90 Å². The Hall–Kier alpha value is -0.730. The number of nitrogens with zero attached hydrogens (tertiary/aromatic N) is 1. The predicted octanol–water partition coefficient (Wildman–Crippen LogP) is 2.26. The highest BCUT2D eigenvalue weighted by Gasteiger charge is 2.31. The summed E-state index contributed by atoms with van der Waals surface area (Å²) in [5.74, 6) is 0. The third-order valence-electron chi connectivity index (χ3n) is 1.57. The van der Waals surface area contributed by atoms with E-state index in [1.165, 1.54) is 0 Å². The molecule has 0 unspecified atom stereocenters. The molecule has 0 aromatic rings. The first-order chi connectivity index (χ1) is 5.52. The van der Waals surface area contributed by atoms with Crippen LogP contribution in [0.4, 0.5) is 4.79 Å². The lowest BCUT2D eigenvalue weighted by Gasteiger charge is -2.28. The molecule has 0 spiro atoms. The van der Waals surface area contributed by atoms with Crippen molar-refractivity contribution in [1.29, 1.82) is 0 Å². The van der Waals surface area contributed by atoms with E-state index in [1.807, 2.05) is 34.6 Å². The summed E-state index contributed by atoms with van der Waals surface area (Å²) in [6.07, 6.45) is -0.187. The van der Waals surface area contributed by atoms with Gasteiger partial charge in [0.25, 0.3) is 0 Å². The van der Waals surface area contributed by atoms with Crippen LogP contribution in [0.1, 0.15) is 34.6 Å². The average molecular weight is 173 g/mol. The number of ether oxygens (including phenoxy) is 1. The summed E-state index contributed by atoms with van der Waals surface area (Å²) in [6.45, 7) is 11.3. The van der Waals surface area contributed by atoms with Crippen LogP contribution in [0.15, 0.2) is 0 Å². The Balaban J connectivity index is 0.000000561. The lowest BCUT2D eigenvalue weighted by molar-refractivity contribution is 0.132. The molecular formula is C9H19NO2. The van der Waals surface area contributed by atoms with Crippen LogP contribution in [0.25, 0.3) is 0 Å². The van der Waals surface area contributed by atoms with E-state index >= 15 is 0 Å². The molecule has 0 bridgehead atoms. The third kappa shape index (κ3) is 2.72. The number of rotatable bonds is 0. The number of hydrogen-bond acceptors (Lipinski definition) is 2. The van der Waals surface area contributed by atoms with Gasteiger partial charge in [-0.3, -0.25) is 4.90 Å². The van der Waals surface area contributed by atoms with Gasteiger partial charge < -0.3 is 4.74 Å². The lowest BCUT2D eigenvalue weighted by Crippen LogP contribution is -2.41. The molecule has 1 saturated heterocycles. The summed E-state index contributed by atoms with van der Waals surface area (Å²) in [6, 6.07) is 0. The van der Waals surface area contributed by atoms with Crippen LogP contribution >= 0.6 is 0 Å². The molecular weight excluding hydrogens is 154 g/mol. The van der Waals surface area contributed by atoms with Gasteiger partial charge in [-0.15, -0.1) is 0 Å². The number of amides is 1. The zero-order valence-electron chi connectivity index (χ0n) is 8.68. The summed E-state index contributed by atoms with van der Waals surface area (Å²) >= 11 is 0. The van der Waals surface area contributed by atoms with Gasteiger partial charge in [-0.2, -0.15) is 0 Å². The van der Waals surface area contributed by atoms with Crippen molar-refractivity contribution in [2.45, 2.75) is 40.2 Å². The zero-order chi connectivity index (χ0) is 9.78. The summed E-state index contributed by atoms with van der Waals surface area (Å²) < 4.78 is 4.78. The van der Waals surface area contributed by atoms with Crippen molar-refractivity contribution in [2.75, 3.05) is 13.2 Å². The molecule has 0 N–H and O–H groups in total. The lowest BCUT2D eigenvalue weighted by atomic mass is 10.1. The molecule has 0 aliphatic carbocycles. The first-order valence-electron chi connectivity index (χ1n) is 4.46. The predicted molar refractivity (Wildman–Crippen MR) is 49.2 cm³/mol. The summed E-state index contributed by atoms with van der Waals surface area (Å²) in [5, 5.41) is 0. The van der Waals surface area contributed by atoms with Crippen LogP contribution in [0, 0.1) is 0 Å². The molecule has 1 fully saturated rings. The monoisotopic (exact) mass is 173 g/mol. The molecule has 12 heavy (non-hydrogen) atoms. The fraction of sp³-hybridized carbons (Fsp3) is 0.889. The highest BCUT2D eigenvalue weighted by molar-refractivity contribution is 5.70. The Morgan fingerprint density at radius 3 is 2.00 bits per heavy atom. The third-order valence-corrected chi connectivity index (χ3v) is 1.57. The highest BCUT2D eigenvalue weighted by Crippen LogP contribution is 2.17. The van der Waals surface area contributed by atoms with E-state index in [-0.39, 0.29) is 11.6 Å². The first kappa shape index (κ1) is 11.3. The van der Waals surface area contributed by atoms with Crippen LogP contribution in [-0.4, -0.2) is 29.7 Å². The quantitative estimate of drug-likeness (QED) is 0.562. The fourth-order valence-electron chi connectivity index (χ4n) is 1.00. The number of carbonyl (C=O) groups is 1. The van der Waals surface area contributed by atoms with Crippen molar-refractivity contribution in [3.8, 4) is 0 Å². The molecule has 0 saturated carbocycles. The second-order valence-corrected chi connectivity index (χ2v) is 3.44. The minimum Gasteiger partial charge on any atom is -0.448 e. The van der Waals surface area contributed by atoms with Crippen LogP contribution in [0.3, 0.4) is 0 Å². The average Bonchev–Trinajstić information content (AvgIpc) is 2.38. The summed E-state index contributed by atoms with van der Waals surface area (Å²) in [7, 11) is 0. The Labute approximate surface area is 74.7 Å². The SMILES string of the molecule is CC.CC(C)(C)N1CCOC1=O. The molecule has 1 aliphatic rings. The van der Waals surface area contributed by atoms with Gasteiger partial charge in [-0.25, -0.2) is 4.79 Å². The van der Waals surface area contributed by atoms with E-state index < -0.39 is 0 Å². The van der Waals surface area contributed by atoms with Gasteiger partial charge in [-0.1, -0.05) is 13.8 Å². The van der Waals surface area contributed by atoms with Crippen LogP contribution in [-0.2, 0) is 4.74 Å². The Kier molecular flexibility index (Phi) is 4.07. The van der Waals surface area contributed by atoms with Crippen LogP contribution in [0.5, 0.6) is 0 Å². The van der Waals surface area contributed by atoms with Gasteiger partial charge in [0.15, 0.2) is 0 Å². The molecule has 1 heterocycles. The molecule has 1 rings (SSSR count). The Bertz CT molecular complexity index is 149. The van der Waals surface area contributed by atoms with Crippen LogP contribution in [0.2, 0.25) is 0 Å².